The number of methoxy groups -OCH3 is 1. The molecular weight excluding hydrogens is 256 g/mol. The maximum absolute atomic E-state index is 11.8. The van der Waals surface area contributed by atoms with E-state index in [0.29, 0.717) is 18.9 Å². The van der Waals surface area contributed by atoms with Crippen molar-refractivity contribution in [3.8, 4) is 5.75 Å². The second-order valence-corrected chi connectivity index (χ2v) is 4.87. The van der Waals surface area contributed by atoms with E-state index in [0.717, 1.165) is 11.1 Å². The predicted octanol–water partition coefficient (Wildman–Crippen LogP) is 1.54. The smallest absolute Gasteiger partial charge is 0.260 e. The summed E-state index contributed by atoms with van der Waals surface area (Å²) in [6.45, 7) is 6.56. The molecule has 1 unspecified atom stereocenters. The van der Waals surface area contributed by atoms with E-state index < -0.39 is 6.10 Å². The first-order chi connectivity index (χ1) is 9.45. The number of carbonyl (C=O) groups excluding carboxylic acids is 1. The minimum absolute atomic E-state index is 0.145. The minimum Gasteiger partial charge on any atom is -0.481 e. The summed E-state index contributed by atoms with van der Waals surface area (Å²) in [6, 6.07) is 5.63. The Balaban J connectivity index is 2.70. The van der Waals surface area contributed by atoms with Crippen molar-refractivity contribution >= 4 is 5.91 Å². The largest absolute Gasteiger partial charge is 0.481 e. The molecule has 0 aliphatic rings. The highest BCUT2D eigenvalue weighted by molar-refractivity contribution is 5.80. The molecule has 0 aliphatic heterocycles. The maximum Gasteiger partial charge on any atom is 0.260 e. The predicted molar refractivity (Wildman–Crippen MR) is 78.8 cm³/mol. The fourth-order valence-corrected chi connectivity index (χ4v) is 1.80. The number of aryl methyl sites for hydroxylation is 1. The fraction of sp³-hybridized carbons (Fsp3) is 0.533. The quantitative estimate of drug-likeness (QED) is 0.743. The lowest BCUT2D eigenvalue weighted by Crippen LogP contribution is -2.38. The van der Waals surface area contributed by atoms with Crippen LogP contribution in [0.5, 0.6) is 5.75 Å². The summed E-state index contributed by atoms with van der Waals surface area (Å²) in [5, 5.41) is 2.74. The molecule has 3 N–H and O–H groups in total. The van der Waals surface area contributed by atoms with Gasteiger partial charge in [0.25, 0.3) is 5.91 Å². The summed E-state index contributed by atoms with van der Waals surface area (Å²) in [5.41, 5.74) is 7.95. The van der Waals surface area contributed by atoms with Crippen molar-refractivity contribution in [2.24, 2.45) is 5.73 Å². The number of amides is 1. The van der Waals surface area contributed by atoms with Gasteiger partial charge in [-0.25, -0.2) is 0 Å². The van der Waals surface area contributed by atoms with Crippen molar-refractivity contribution < 1.29 is 14.3 Å². The van der Waals surface area contributed by atoms with Crippen LogP contribution in [0.1, 0.15) is 31.0 Å². The molecule has 0 radical (unpaired) electrons. The number of ether oxygens (including phenoxy) is 2. The standard InChI is InChI=1S/C15H24N2O3/c1-10-5-6-14(13(9-10)11(2)16)20-12(3)15(18)17-7-8-19-4/h5-6,9,11-12H,7-8,16H2,1-4H3,(H,17,18)/t11-,12?/m0/s1. The Kier molecular flexibility index (Phi) is 6.48. The Bertz CT molecular complexity index is 447. The molecule has 1 rings (SSSR count). The van der Waals surface area contributed by atoms with Gasteiger partial charge in [-0.3, -0.25) is 4.79 Å². The van der Waals surface area contributed by atoms with Gasteiger partial charge in [0.15, 0.2) is 6.10 Å². The Labute approximate surface area is 120 Å². The Hall–Kier alpha value is -1.59. The van der Waals surface area contributed by atoms with Crippen LogP contribution in [-0.4, -0.2) is 32.3 Å². The molecule has 0 heterocycles. The number of nitrogens with one attached hydrogen (secondary N) is 1. The topological polar surface area (TPSA) is 73.6 Å². The molecule has 20 heavy (non-hydrogen) atoms. The summed E-state index contributed by atoms with van der Waals surface area (Å²) >= 11 is 0. The zero-order chi connectivity index (χ0) is 15.1. The normalized spacial score (nSPS) is 13.7. The van der Waals surface area contributed by atoms with Crippen LogP contribution in [0, 0.1) is 6.92 Å². The van der Waals surface area contributed by atoms with Crippen molar-refractivity contribution in [1.82, 2.24) is 5.32 Å². The van der Waals surface area contributed by atoms with Crippen LogP contribution < -0.4 is 15.8 Å². The molecule has 0 bridgehead atoms. The van der Waals surface area contributed by atoms with E-state index in [9.17, 15) is 4.79 Å². The van der Waals surface area contributed by atoms with Crippen molar-refractivity contribution in [3.05, 3.63) is 29.3 Å². The number of nitrogens with two attached hydrogens (primary N) is 1. The van der Waals surface area contributed by atoms with Gasteiger partial charge in [0.05, 0.1) is 6.61 Å². The molecule has 5 heteroatoms. The summed E-state index contributed by atoms with van der Waals surface area (Å²) in [4.78, 5) is 11.8. The molecule has 0 aliphatic carbocycles. The number of benzene rings is 1. The molecule has 2 atom stereocenters. The van der Waals surface area contributed by atoms with Crippen LogP contribution in [-0.2, 0) is 9.53 Å². The molecule has 1 aromatic rings. The molecule has 1 amide bonds. The van der Waals surface area contributed by atoms with E-state index in [1.807, 2.05) is 32.0 Å². The number of rotatable bonds is 7. The van der Waals surface area contributed by atoms with Gasteiger partial charge in [0.1, 0.15) is 5.75 Å². The lowest BCUT2D eigenvalue weighted by atomic mass is 10.1. The SMILES string of the molecule is COCCNC(=O)C(C)Oc1ccc(C)cc1[C@H](C)N. The monoisotopic (exact) mass is 280 g/mol. The van der Waals surface area contributed by atoms with Gasteiger partial charge >= 0.3 is 0 Å². The molecule has 0 fully saturated rings. The van der Waals surface area contributed by atoms with Crippen LogP contribution in [0.15, 0.2) is 18.2 Å². The van der Waals surface area contributed by atoms with Gasteiger partial charge < -0.3 is 20.5 Å². The average Bonchev–Trinajstić information content (AvgIpc) is 2.40. The van der Waals surface area contributed by atoms with Crippen molar-refractivity contribution in [1.29, 1.82) is 0 Å². The first kappa shape index (κ1) is 16.5. The Morgan fingerprint density at radius 3 is 2.70 bits per heavy atom. The Morgan fingerprint density at radius 1 is 1.40 bits per heavy atom. The lowest BCUT2D eigenvalue weighted by molar-refractivity contribution is -0.127. The van der Waals surface area contributed by atoms with Crippen LogP contribution in [0.2, 0.25) is 0 Å². The van der Waals surface area contributed by atoms with Gasteiger partial charge in [-0.1, -0.05) is 17.7 Å². The zero-order valence-corrected chi connectivity index (χ0v) is 12.6. The summed E-state index contributed by atoms with van der Waals surface area (Å²) in [5.74, 6) is 0.484. The molecule has 112 valence electrons. The highest BCUT2D eigenvalue weighted by Gasteiger charge is 2.17. The van der Waals surface area contributed by atoms with Crippen LogP contribution in [0.4, 0.5) is 0 Å². The van der Waals surface area contributed by atoms with Crippen LogP contribution >= 0.6 is 0 Å². The molecule has 0 saturated heterocycles. The summed E-state index contributed by atoms with van der Waals surface area (Å²) < 4.78 is 10.6. The van der Waals surface area contributed by atoms with Gasteiger partial charge in [0, 0.05) is 25.3 Å². The second-order valence-electron chi connectivity index (χ2n) is 4.87. The lowest BCUT2D eigenvalue weighted by Gasteiger charge is -2.19. The van der Waals surface area contributed by atoms with Gasteiger partial charge in [-0.2, -0.15) is 0 Å². The molecule has 5 nitrogen and oxygen atoms in total. The molecule has 0 saturated carbocycles. The fourth-order valence-electron chi connectivity index (χ4n) is 1.80. The van der Waals surface area contributed by atoms with Crippen LogP contribution in [0.3, 0.4) is 0 Å². The van der Waals surface area contributed by atoms with Crippen molar-refractivity contribution in [2.45, 2.75) is 32.9 Å². The van der Waals surface area contributed by atoms with E-state index in [-0.39, 0.29) is 11.9 Å². The zero-order valence-electron chi connectivity index (χ0n) is 12.6. The van der Waals surface area contributed by atoms with Gasteiger partial charge in [0.2, 0.25) is 0 Å². The molecular formula is C15H24N2O3. The van der Waals surface area contributed by atoms with Crippen LogP contribution in [0.25, 0.3) is 0 Å². The first-order valence-electron chi connectivity index (χ1n) is 6.75. The Morgan fingerprint density at radius 2 is 2.10 bits per heavy atom. The van der Waals surface area contributed by atoms with Crippen molar-refractivity contribution in [3.63, 3.8) is 0 Å². The highest BCUT2D eigenvalue weighted by Crippen LogP contribution is 2.25. The molecule has 1 aromatic carbocycles. The molecule has 0 spiro atoms. The maximum atomic E-state index is 11.8. The van der Waals surface area contributed by atoms with Gasteiger partial charge in [-0.05, 0) is 26.8 Å². The highest BCUT2D eigenvalue weighted by atomic mass is 16.5. The van der Waals surface area contributed by atoms with E-state index >= 15 is 0 Å². The first-order valence-corrected chi connectivity index (χ1v) is 6.75. The number of hydrogen-bond donors (Lipinski definition) is 2. The van der Waals surface area contributed by atoms with E-state index in [4.69, 9.17) is 15.2 Å². The van der Waals surface area contributed by atoms with E-state index in [2.05, 4.69) is 5.32 Å². The third-order valence-electron chi connectivity index (χ3n) is 2.93. The molecule has 0 aromatic heterocycles. The second kappa shape index (κ2) is 7.87. The number of carbonyl (C=O) groups is 1. The number of hydrogen-bond acceptors (Lipinski definition) is 4. The third kappa shape index (κ3) is 4.83. The van der Waals surface area contributed by atoms with Gasteiger partial charge in [-0.15, -0.1) is 0 Å². The summed E-state index contributed by atoms with van der Waals surface area (Å²) in [7, 11) is 1.59. The third-order valence-corrected chi connectivity index (χ3v) is 2.93. The van der Waals surface area contributed by atoms with E-state index in [1.54, 1.807) is 14.0 Å². The summed E-state index contributed by atoms with van der Waals surface area (Å²) in [6.07, 6.45) is -0.577. The van der Waals surface area contributed by atoms with Crippen molar-refractivity contribution in [2.75, 3.05) is 20.3 Å². The average molecular weight is 280 g/mol. The minimum atomic E-state index is -0.577. The van der Waals surface area contributed by atoms with E-state index in [1.165, 1.54) is 0 Å².